The van der Waals surface area contributed by atoms with Gasteiger partial charge in [0.2, 0.25) is 0 Å². The van der Waals surface area contributed by atoms with E-state index >= 15 is 0 Å². The van der Waals surface area contributed by atoms with E-state index in [0.29, 0.717) is 0 Å². The number of rotatable bonds is 2. The van der Waals surface area contributed by atoms with E-state index in [1.807, 2.05) is 30.3 Å². The predicted molar refractivity (Wildman–Crippen MR) is 59.1 cm³/mol. The van der Waals surface area contributed by atoms with Gasteiger partial charge in [-0.05, 0) is 5.56 Å². The van der Waals surface area contributed by atoms with Crippen LogP contribution in [-0.4, -0.2) is 47.0 Å². The second-order valence-corrected chi connectivity index (χ2v) is 4.04. The summed E-state index contributed by atoms with van der Waals surface area (Å²) in [7, 11) is 1.43. The number of methoxy groups -OCH3 is 1. The quantitative estimate of drug-likeness (QED) is 0.668. The van der Waals surface area contributed by atoms with E-state index in [2.05, 4.69) is 0 Å². The van der Waals surface area contributed by atoms with Crippen molar-refractivity contribution in [3.8, 4) is 0 Å². The van der Waals surface area contributed by atoms with E-state index in [-0.39, 0.29) is 0 Å². The van der Waals surface area contributed by atoms with Crippen LogP contribution in [0.2, 0.25) is 0 Å². The van der Waals surface area contributed by atoms with Crippen LogP contribution in [-0.2, 0) is 9.47 Å². The maximum atomic E-state index is 9.82. The Labute approximate surface area is 99.2 Å². The SMILES string of the molecule is CO[C@@H]1[C@@H](O)[C@@H](O)C(O)O[C@H]1c1ccccc1. The molecule has 0 spiro atoms. The minimum absolute atomic E-state index is 0.602. The minimum atomic E-state index is -1.42. The van der Waals surface area contributed by atoms with Gasteiger partial charge < -0.3 is 24.8 Å². The molecular weight excluding hydrogens is 224 g/mol. The third-order valence-electron chi connectivity index (χ3n) is 2.96. The molecule has 94 valence electrons. The molecule has 0 aromatic heterocycles. The monoisotopic (exact) mass is 240 g/mol. The fourth-order valence-corrected chi connectivity index (χ4v) is 2.02. The third-order valence-corrected chi connectivity index (χ3v) is 2.96. The predicted octanol–water partition coefficient (Wildman–Crippen LogP) is -0.187. The molecule has 5 nitrogen and oxygen atoms in total. The summed E-state index contributed by atoms with van der Waals surface area (Å²) in [6.07, 6.45) is -5.28. The first-order valence-corrected chi connectivity index (χ1v) is 5.42. The van der Waals surface area contributed by atoms with Crippen LogP contribution in [0.15, 0.2) is 30.3 Å². The molecule has 17 heavy (non-hydrogen) atoms. The summed E-state index contributed by atoms with van der Waals surface area (Å²) in [5.41, 5.74) is 0.782. The van der Waals surface area contributed by atoms with E-state index in [1.54, 1.807) is 0 Å². The molecule has 1 heterocycles. The molecule has 3 N–H and O–H groups in total. The zero-order valence-electron chi connectivity index (χ0n) is 9.43. The zero-order chi connectivity index (χ0) is 12.4. The molecule has 0 amide bonds. The van der Waals surface area contributed by atoms with Crippen molar-refractivity contribution in [2.24, 2.45) is 0 Å². The molecule has 1 fully saturated rings. The number of ether oxygens (including phenoxy) is 2. The van der Waals surface area contributed by atoms with Gasteiger partial charge in [0.15, 0.2) is 6.29 Å². The van der Waals surface area contributed by atoms with Crippen LogP contribution in [0.4, 0.5) is 0 Å². The molecule has 0 saturated carbocycles. The summed E-state index contributed by atoms with van der Waals surface area (Å²) in [5, 5.41) is 28.8. The van der Waals surface area contributed by atoms with Crippen LogP contribution in [0, 0.1) is 0 Å². The highest BCUT2D eigenvalue weighted by Gasteiger charge is 2.44. The number of aliphatic hydroxyl groups excluding tert-OH is 3. The average molecular weight is 240 g/mol. The van der Waals surface area contributed by atoms with Gasteiger partial charge in [0.1, 0.15) is 24.4 Å². The number of hydrogen-bond acceptors (Lipinski definition) is 5. The molecule has 1 aliphatic rings. The Hall–Kier alpha value is -0.980. The van der Waals surface area contributed by atoms with E-state index in [4.69, 9.17) is 9.47 Å². The highest BCUT2D eigenvalue weighted by atomic mass is 16.6. The van der Waals surface area contributed by atoms with Crippen molar-refractivity contribution < 1.29 is 24.8 Å². The molecule has 1 aromatic rings. The first-order chi connectivity index (χ1) is 8.15. The summed E-state index contributed by atoms with van der Waals surface area (Å²) >= 11 is 0. The maximum absolute atomic E-state index is 9.82. The van der Waals surface area contributed by atoms with Crippen LogP contribution < -0.4 is 0 Å². The van der Waals surface area contributed by atoms with Gasteiger partial charge in [-0.15, -0.1) is 0 Å². The van der Waals surface area contributed by atoms with Crippen molar-refractivity contribution >= 4 is 0 Å². The second-order valence-electron chi connectivity index (χ2n) is 4.04. The maximum Gasteiger partial charge on any atom is 0.184 e. The summed E-state index contributed by atoms with van der Waals surface area (Å²) in [4.78, 5) is 0. The van der Waals surface area contributed by atoms with Gasteiger partial charge in [-0.1, -0.05) is 30.3 Å². The zero-order valence-corrected chi connectivity index (χ0v) is 9.43. The standard InChI is InChI=1S/C12H16O5/c1-16-11-8(13)9(14)12(15)17-10(11)7-5-3-2-4-6-7/h2-6,8-15H,1H3/t8-,9+,10-,11+,12?/m0/s1. The van der Waals surface area contributed by atoms with Crippen molar-refractivity contribution in [2.75, 3.05) is 7.11 Å². The molecule has 5 heteroatoms. The van der Waals surface area contributed by atoms with Gasteiger partial charge >= 0.3 is 0 Å². The molecule has 1 unspecified atom stereocenters. The lowest BCUT2D eigenvalue weighted by Gasteiger charge is -2.40. The van der Waals surface area contributed by atoms with E-state index in [1.165, 1.54) is 7.11 Å². The van der Waals surface area contributed by atoms with Crippen LogP contribution in [0.3, 0.4) is 0 Å². The van der Waals surface area contributed by atoms with Gasteiger partial charge in [0.05, 0.1) is 0 Å². The number of aliphatic hydroxyl groups is 3. The summed E-state index contributed by atoms with van der Waals surface area (Å²) < 4.78 is 10.4. The Morgan fingerprint density at radius 3 is 2.29 bits per heavy atom. The molecule has 1 aliphatic heterocycles. The summed E-state index contributed by atoms with van der Waals surface area (Å²) in [6, 6.07) is 9.14. The molecule has 0 bridgehead atoms. The Morgan fingerprint density at radius 1 is 1.06 bits per heavy atom. The van der Waals surface area contributed by atoms with Crippen molar-refractivity contribution in [3.05, 3.63) is 35.9 Å². The molecule has 2 rings (SSSR count). The molecule has 0 radical (unpaired) electrons. The Kier molecular flexibility index (Phi) is 3.76. The lowest BCUT2D eigenvalue weighted by atomic mass is 9.94. The molecular formula is C12H16O5. The van der Waals surface area contributed by atoms with Gasteiger partial charge in [-0.25, -0.2) is 0 Å². The van der Waals surface area contributed by atoms with Crippen molar-refractivity contribution in [1.82, 2.24) is 0 Å². The van der Waals surface area contributed by atoms with Gasteiger partial charge in [-0.2, -0.15) is 0 Å². The smallest absolute Gasteiger partial charge is 0.184 e. The Balaban J connectivity index is 2.26. The Morgan fingerprint density at radius 2 is 1.71 bits per heavy atom. The van der Waals surface area contributed by atoms with Crippen LogP contribution in [0.5, 0.6) is 0 Å². The first-order valence-electron chi connectivity index (χ1n) is 5.42. The number of hydrogen-bond donors (Lipinski definition) is 3. The van der Waals surface area contributed by atoms with Crippen LogP contribution in [0.25, 0.3) is 0 Å². The minimum Gasteiger partial charge on any atom is -0.387 e. The molecule has 1 aromatic carbocycles. The number of benzene rings is 1. The van der Waals surface area contributed by atoms with Crippen molar-refractivity contribution in [3.63, 3.8) is 0 Å². The molecule has 1 saturated heterocycles. The lowest BCUT2D eigenvalue weighted by molar-refractivity contribution is -0.288. The summed E-state index contributed by atoms with van der Waals surface area (Å²) in [5.74, 6) is 0. The van der Waals surface area contributed by atoms with Crippen LogP contribution in [0.1, 0.15) is 11.7 Å². The highest BCUT2D eigenvalue weighted by molar-refractivity contribution is 5.20. The van der Waals surface area contributed by atoms with Gasteiger partial charge in [0.25, 0.3) is 0 Å². The van der Waals surface area contributed by atoms with Gasteiger partial charge in [-0.3, -0.25) is 0 Å². The normalized spacial score (nSPS) is 38.0. The van der Waals surface area contributed by atoms with Crippen molar-refractivity contribution in [1.29, 1.82) is 0 Å². The Bertz CT molecular complexity index is 355. The molecule has 5 atom stereocenters. The van der Waals surface area contributed by atoms with E-state index < -0.39 is 30.7 Å². The van der Waals surface area contributed by atoms with Gasteiger partial charge in [0, 0.05) is 7.11 Å². The highest BCUT2D eigenvalue weighted by Crippen LogP contribution is 2.32. The van der Waals surface area contributed by atoms with E-state index in [0.717, 1.165) is 5.56 Å². The fraction of sp³-hybridized carbons (Fsp3) is 0.500. The summed E-state index contributed by atoms with van der Waals surface area (Å²) in [6.45, 7) is 0. The van der Waals surface area contributed by atoms with Crippen molar-refractivity contribution in [2.45, 2.75) is 30.7 Å². The fourth-order valence-electron chi connectivity index (χ4n) is 2.02. The average Bonchev–Trinajstić information content (AvgIpc) is 2.36. The van der Waals surface area contributed by atoms with E-state index in [9.17, 15) is 15.3 Å². The van der Waals surface area contributed by atoms with Crippen LogP contribution >= 0.6 is 0 Å². The second kappa shape index (κ2) is 5.12. The largest absolute Gasteiger partial charge is 0.387 e. The topological polar surface area (TPSA) is 79.2 Å². The lowest BCUT2D eigenvalue weighted by Crippen LogP contribution is -2.54. The third kappa shape index (κ3) is 2.34. The first kappa shape index (κ1) is 12.5. The molecule has 0 aliphatic carbocycles.